The molecule has 2 aromatic rings. The fourth-order valence-electron chi connectivity index (χ4n) is 1.44. The van der Waals surface area contributed by atoms with Crippen LogP contribution in [0.4, 0.5) is 5.69 Å². The number of benzene rings is 1. The van der Waals surface area contributed by atoms with Crippen molar-refractivity contribution < 1.29 is 4.79 Å². The molecular formula is C11H11N3O. The van der Waals surface area contributed by atoms with Gasteiger partial charge in [0.15, 0.2) is 0 Å². The van der Waals surface area contributed by atoms with Crippen molar-refractivity contribution in [3.05, 3.63) is 48.3 Å². The normalized spacial score (nSPS) is 10.1. The van der Waals surface area contributed by atoms with Crippen molar-refractivity contribution in [3.8, 4) is 5.69 Å². The highest BCUT2D eigenvalue weighted by Gasteiger charge is 2.07. The molecule has 0 unspecified atom stereocenters. The molecule has 76 valence electrons. The van der Waals surface area contributed by atoms with Crippen molar-refractivity contribution in [2.24, 2.45) is 5.73 Å². The second kappa shape index (κ2) is 3.49. The molecule has 0 saturated heterocycles. The SMILES string of the molecule is NC(=O)c1cccn1-c1ccc(N)cc1. The third kappa shape index (κ3) is 1.69. The summed E-state index contributed by atoms with van der Waals surface area (Å²) in [5, 5.41) is 0. The van der Waals surface area contributed by atoms with E-state index in [1.165, 1.54) is 0 Å². The zero-order valence-electron chi connectivity index (χ0n) is 8.05. The van der Waals surface area contributed by atoms with Crippen LogP contribution >= 0.6 is 0 Å². The van der Waals surface area contributed by atoms with Gasteiger partial charge in [0.2, 0.25) is 0 Å². The van der Waals surface area contributed by atoms with Crippen LogP contribution in [0.25, 0.3) is 5.69 Å². The van der Waals surface area contributed by atoms with Crippen LogP contribution in [0.2, 0.25) is 0 Å². The van der Waals surface area contributed by atoms with Crippen LogP contribution in [0, 0.1) is 0 Å². The first-order chi connectivity index (χ1) is 7.18. The monoisotopic (exact) mass is 201 g/mol. The lowest BCUT2D eigenvalue weighted by atomic mass is 10.3. The van der Waals surface area contributed by atoms with E-state index in [2.05, 4.69) is 0 Å². The number of rotatable bonds is 2. The molecule has 4 heteroatoms. The minimum absolute atomic E-state index is 0.447. The summed E-state index contributed by atoms with van der Waals surface area (Å²) in [6.07, 6.45) is 1.78. The maximum Gasteiger partial charge on any atom is 0.265 e. The summed E-state index contributed by atoms with van der Waals surface area (Å²) in [7, 11) is 0. The summed E-state index contributed by atoms with van der Waals surface area (Å²) in [6, 6.07) is 10.7. The number of carbonyl (C=O) groups is 1. The minimum Gasteiger partial charge on any atom is -0.399 e. The third-order valence-electron chi connectivity index (χ3n) is 2.17. The zero-order valence-corrected chi connectivity index (χ0v) is 8.05. The maximum absolute atomic E-state index is 11.1. The summed E-state index contributed by atoms with van der Waals surface area (Å²) in [5.74, 6) is -0.447. The standard InChI is InChI=1S/C11H11N3O/c12-8-3-5-9(6-4-8)14-7-1-2-10(14)11(13)15/h1-7H,12H2,(H2,13,15). The van der Waals surface area contributed by atoms with E-state index in [4.69, 9.17) is 11.5 Å². The lowest BCUT2D eigenvalue weighted by Gasteiger charge is -2.06. The molecule has 0 aliphatic rings. The molecule has 1 amide bonds. The smallest absolute Gasteiger partial charge is 0.265 e. The molecule has 0 saturated carbocycles. The summed E-state index contributed by atoms with van der Waals surface area (Å²) < 4.78 is 1.72. The maximum atomic E-state index is 11.1. The van der Waals surface area contributed by atoms with Crippen molar-refractivity contribution in [2.45, 2.75) is 0 Å². The van der Waals surface area contributed by atoms with Crippen LogP contribution in [-0.2, 0) is 0 Å². The van der Waals surface area contributed by atoms with Gasteiger partial charge in [-0.05, 0) is 36.4 Å². The molecule has 0 aliphatic carbocycles. The summed E-state index contributed by atoms with van der Waals surface area (Å²) in [5.41, 5.74) is 12.8. The Bertz CT molecular complexity index is 485. The molecule has 0 atom stereocenters. The molecule has 0 aliphatic heterocycles. The van der Waals surface area contributed by atoms with Gasteiger partial charge in [-0.25, -0.2) is 0 Å². The van der Waals surface area contributed by atoms with Crippen LogP contribution in [-0.4, -0.2) is 10.5 Å². The molecule has 0 radical (unpaired) electrons. The van der Waals surface area contributed by atoms with Crippen LogP contribution in [0.1, 0.15) is 10.5 Å². The fourth-order valence-corrected chi connectivity index (χ4v) is 1.44. The predicted octanol–water partition coefficient (Wildman–Crippen LogP) is 1.16. The second-order valence-electron chi connectivity index (χ2n) is 3.22. The Labute approximate surface area is 87.1 Å². The first-order valence-electron chi connectivity index (χ1n) is 4.51. The fraction of sp³-hybridized carbons (Fsp3) is 0. The van der Waals surface area contributed by atoms with Crippen LogP contribution in [0.3, 0.4) is 0 Å². The second-order valence-corrected chi connectivity index (χ2v) is 3.22. The number of carbonyl (C=O) groups excluding carboxylic acids is 1. The van der Waals surface area contributed by atoms with Crippen molar-refractivity contribution in [1.82, 2.24) is 4.57 Å². The number of primary amides is 1. The first kappa shape index (κ1) is 9.33. The van der Waals surface area contributed by atoms with Gasteiger partial charge in [0, 0.05) is 17.6 Å². The molecule has 1 aromatic carbocycles. The Hall–Kier alpha value is -2.23. The van der Waals surface area contributed by atoms with Gasteiger partial charge in [0.05, 0.1) is 0 Å². The molecule has 0 spiro atoms. The highest BCUT2D eigenvalue weighted by atomic mass is 16.1. The Kier molecular flexibility index (Phi) is 2.17. The molecule has 2 rings (SSSR count). The van der Waals surface area contributed by atoms with Crippen molar-refractivity contribution in [2.75, 3.05) is 5.73 Å². The Balaban J connectivity index is 2.49. The topological polar surface area (TPSA) is 74.0 Å². The number of aromatic nitrogens is 1. The minimum atomic E-state index is -0.447. The van der Waals surface area contributed by atoms with E-state index in [-0.39, 0.29) is 0 Å². The first-order valence-corrected chi connectivity index (χ1v) is 4.51. The van der Waals surface area contributed by atoms with E-state index in [1.807, 2.05) is 12.1 Å². The molecular weight excluding hydrogens is 190 g/mol. The Morgan fingerprint density at radius 3 is 2.40 bits per heavy atom. The van der Waals surface area contributed by atoms with Gasteiger partial charge < -0.3 is 16.0 Å². The lowest BCUT2D eigenvalue weighted by Crippen LogP contribution is -2.15. The summed E-state index contributed by atoms with van der Waals surface area (Å²) in [6.45, 7) is 0. The van der Waals surface area contributed by atoms with Gasteiger partial charge in [-0.1, -0.05) is 0 Å². The third-order valence-corrected chi connectivity index (χ3v) is 2.17. The van der Waals surface area contributed by atoms with Gasteiger partial charge in [-0.3, -0.25) is 4.79 Å². The van der Waals surface area contributed by atoms with Crippen LogP contribution in [0.15, 0.2) is 42.6 Å². The van der Waals surface area contributed by atoms with Crippen LogP contribution < -0.4 is 11.5 Å². The van der Waals surface area contributed by atoms with E-state index in [0.29, 0.717) is 11.4 Å². The average Bonchev–Trinajstić information content (AvgIpc) is 2.67. The average molecular weight is 201 g/mol. The van der Waals surface area contributed by atoms with Gasteiger partial charge in [0.1, 0.15) is 5.69 Å². The van der Waals surface area contributed by atoms with Gasteiger partial charge in [0.25, 0.3) is 5.91 Å². The molecule has 4 nitrogen and oxygen atoms in total. The van der Waals surface area contributed by atoms with E-state index >= 15 is 0 Å². The zero-order chi connectivity index (χ0) is 10.8. The molecule has 15 heavy (non-hydrogen) atoms. The lowest BCUT2D eigenvalue weighted by molar-refractivity contribution is 0.0994. The van der Waals surface area contributed by atoms with E-state index in [9.17, 15) is 4.79 Å². The number of amides is 1. The van der Waals surface area contributed by atoms with Gasteiger partial charge in [-0.2, -0.15) is 0 Å². The predicted molar refractivity (Wildman–Crippen MR) is 58.7 cm³/mol. The van der Waals surface area contributed by atoms with E-state index < -0.39 is 5.91 Å². The molecule has 1 heterocycles. The van der Waals surface area contributed by atoms with E-state index in [1.54, 1.807) is 35.0 Å². The van der Waals surface area contributed by atoms with Crippen molar-refractivity contribution >= 4 is 11.6 Å². The number of anilines is 1. The van der Waals surface area contributed by atoms with Crippen molar-refractivity contribution in [1.29, 1.82) is 0 Å². The number of nitrogen functional groups attached to an aromatic ring is 1. The molecule has 4 N–H and O–H groups in total. The van der Waals surface area contributed by atoms with Crippen molar-refractivity contribution in [3.63, 3.8) is 0 Å². The largest absolute Gasteiger partial charge is 0.399 e. The molecule has 0 fully saturated rings. The van der Waals surface area contributed by atoms with Crippen LogP contribution in [0.5, 0.6) is 0 Å². The van der Waals surface area contributed by atoms with E-state index in [0.717, 1.165) is 5.69 Å². The summed E-state index contributed by atoms with van der Waals surface area (Å²) in [4.78, 5) is 11.1. The summed E-state index contributed by atoms with van der Waals surface area (Å²) >= 11 is 0. The number of hydrogen-bond acceptors (Lipinski definition) is 2. The van der Waals surface area contributed by atoms with Gasteiger partial charge in [-0.15, -0.1) is 0 Å². The van der Waals surface area contributed by atoms with Gasteiger partial charge >= 0.3 is 0 Å². The number of nitrogens with two attached hydrogens (primary N) is 2. The number of nitrogens with zero attached hydrogens (tertiary/aromatic N) is 1. The quantitative estimate of drug-likeness (QED) is 0.715. The Morgan fingerprint density at radius 2 is 1.80 bits per heavy atom. The molecule has 1 aromatic heterocycles. The highest BCUT2D eigenvalue weighted by molar-refractivity contribution is 5.91. The number of hydrogen-bond donors (Lipinski definition) is 2. The highest BCUT2D eigenvalue weighted by Crippen LogP contribution is 2.14. The Morgan fingerprint density at radius 1 is 1.13 bits per heavy atom. The molecule has 0 bridgehead atoms.